The smallest absolute Gasteiger partial charge is 0.317 e. The number of nitrogens with one attached hydrogen (secondary N) is 1. The highest BCUT2D eigenvalue weighted by atomic mass is 79.9. The van der Waals surface area contributed by atoms with Gasteiger partial charge < -0.3 is 20.1 Å². The number of aliphatic hydroxyl groups is 1. The summed E-state index contributed by atoms with van der Waals surface area (Å²) in [5, 5.41) is 11.9. The maximum atomic E-state index is 11.6. The average molecular weight is 331 g/mol. The van der Waals surface area contributed by atoms with Crippen molar-refractivity contribution in [1.29, 1.82) is 0 Å². The van der Waals surface area contributed by atoms with Gasteiger partial charge in [0.05, 0.1) is 12.6 Å². The number of halogens is 1. The summed E-state index contributed by atoms with van der Waals surface area (Å²) in [6.07, 6.45) is -0.533. The van der Waals surface area contributed by atoms with Crippen molar-refractivity contribution in [2.75, 3.05) is 26.7 Å². The molecule has 0 aliphatic rings. The number of carbonyl (C=O) groups excluding carboxylic acids is 1. The Kier molecular flexibility index (Phi) is 6.66. The summed E-state index contributed by atoms with van der Waals surface area (Å²) in [6.45, 7) is 2.76. The molecule has 6 heteroatoms. The number of hydrogen-bond acceptors (Lipinski definition) is 3. The van der Waals surface area contributed by atoms with Crippen molar-refractivity contribution in [2.24, 2.45) is 0 Å². The Morgan fingerprint density at radius 2 is 2.11 bits per heavy atom. The first-order chi connectivity index (χ1) is 8.99. The van der Waals surface area contributed by atoms with Crippen molar-refractivity contribution in [1.82, 2.24) is 10.2 Å². The van der Waals surface area contributed by atoms with Crippen LogP contribution in [0.2, 0.25) is 0 Å². The van der Waals surface area contributed by atoms with Gasteiger partial charge in [-0.15, -0.1) is 0 Å². The number of nitrogens with zero attached hydrogens (tertiary/aromatic N) is 1. The van der Waals surface area contributed by atoms with Gasteiger partial charge in [0.15, 0.2) is 0 Å². The van der Waals surface area contributed by atoms with E-state index in [0.29, 0.717) is 19.7 Å². The van der Waals surface area contributed by atoms with Crippen molar-refractivity contribution in [3.63, 3.8) is 0 Å². The molecule has 1 atom stereocenters. The van der Waals surface area contributed by atoms with Gasteiger partial charge in [-0.3, -0.25) is 0 Å². The third kappa shape index (κ3) is 6.45. The van der Waals surface area contributed by atoms with Gasteiger partial charge in [0, 0.05) is 18.1 Å². The molecule has 0 bridgehead atoms. The number of rotatable bonds is 6. The molecule has 19 heavy (non-hydrogen) atoms. The van der Waals surface area contributed by atoms with Crippen LogP contribution in [0.5, 0.6) is 5.75 Å². The standard InChI is InChI=1S/C13H19BrN2O3/c1-10(17)9-16(2)13(18)15-7-8-19-12-5-3-11(14)4-6-12/h3-6,10,17H,7-9H2,1-2H3,(H,15,18). The van der Waals surface area contributed by atoms with Gasteiger partial charge in [0.25, 0.3) is 0 Å². The summed E-state index contributed by atoms with van der Waals surface area (Å²) < 4.78 is 6.46. The van der Waals surface area contributed by atoms with Gasteiger partial charge in [-0.1, -0.05) is 15.9 Å². The first kappa shape index (κ1) is 15.8. The van der Waals surface area contributed by atoms with E-state index in [1.54, 1.807) is 14.0 Å². The predicted molar refractivity (Wildman–Crippen MR) is 77.3 cm³/mol. The third-order valence-electron chi connectivity index (χ3n) is 2.35. The van der Waals surface area contributed by atoms with E-state index >= 15 is 0 Å². The first-order valence-corrected chi connectivity index (χ1v) is 6.83. The molecule has 1 unspecified atom stereocenters. The lowest BCUT2D eigenvalue weighted by Crippen LogP contribution is -2.42. The minimum atomic E-state index is -0.533. The lowest BCUT2D eigenvalue weighted by atomic mass is 10.3. The minimum Gasteiger partial charge on any atom is -0.492 e. The van der Waals surface area contributed by atoms with Crippen LogP contribution in [0.4, 0.5) is 4.79 Å². The van der Waals surface area contributed by atoms with E-state index in [-0.39, 0.29) is 6.03 Å². The molecule has 0 aromatic heterocycles. The molecule has 0 aliphatic heterocycles. The molecule has 1 rings (SSSR count). The van der Waals surface area contributed by atoms with Gasteiger partial charge in [-0.25, -0.2) is 4.79 Å². The highest BCUT2D eigenvalue weighted by Gasteiger charge is 2.09. The topological polar surface area (TPSA) is 61.8 Å². The molecule has 1 aromatic rings. The number of ether oxygens (including phenoxy) is 1. The SMILES string of the molecule is CC(O)CN(C)C(=O)NCCOc1ccc(Br)cc1. The van der Waals surface area contributed by atoms with Gasteiger partial charge in [-0.2, -0.15) is 0 Å². The maximum Gasteiger partial charge on any atom is 0.317 e. The van der Waals surface area contributed by atoms with Crippen molar-refractivity contribution < 1.29 is 14.6 Å². The number of likely N-dealkylation sites (N-methyl/N-ethyl adjacent to an activating group) is 1. The summed E-state index contributed by atoms with van der Waals surface area (Å²) in [5.74, 6) is 0.759. The summed E-state index contributed by atoms with van der Waals surface area (Å²) >= 11 is 3.34. The van der Waals surface area contributed by atoms with Gasteiger partial charge in [-0.05, 0) is 31.2 Å². The zero-order chi connectivity index (χ0) is 14.3. The fourth-order valence-electron chi connectivity index (χ4n) is 1.47. The van der Waals surface area contributed by atoms with Gasteiger partial charge >= 0.3 is 6.03 Å². The molecule has 1 aromatic carbocycles. The fourth-order valence-corrected chi connectivity index (χ4v) is 1.74. The van der Waals surface area contributed by atoms with E-state index in [1.165, 1.54) is 4.90 Å². The quantitative estimate of drug-likeness (QED) is 0.782. The number of carbonyl (C=O) groups is 1. The Bertz CT molecular complexity index is 395. The molecule has 0 fully saturated rings. The van der Waals surface area contributed by atoms with Crippen LogP contribution in [-0.4, -0.2) is 48.9 Å². The molecular weight excluding hydrogens is 312 g/mol. The predicted octanol–water partition coefficient (Wildman–Crippen LogP) is 1.85. The van der Waals surface area contributed by atoms with E-state index in [2.05, 4.69) is 21.2 Å². The van der Waals surface area contributed by atoms with Crippen molar-refractivity contribution in [2.45, 2.75) is 13.0 Å². The molecule has 0 saturated heterocycles. The van der Waals surface area contributed by atoms with Crippen LogP contribution >= 0.6 is 15.9 Å². The van der Waals surface area contributed by atoms with Crippen LogP contribution in [-0.2, 0) is 0 Å². The van der Waals surface area contributed by atoms with E-state index in [1.807, 2.05) is 24.3 Å². The summed E-state index contributed by atoms with van der Waals surface area (Å²) in [7, 11) is 1.64. The second kappa shape index (κ2) is 8.01. The van der Waals surface area contributed by atoms with E-state index in [9.17, 15) is 4.79 Å². The Hall–Kier alpha value is -1.27. The summed E-state index contributed by atoms with van der Waals surface area (Å²) in [4.78, 5) is 13.0. The highest BCUT2D eigenvalue weighted by molar-refractivity contribution is 9.10. The van der Waals surface area contributed by atoms with Crippen LogP contribution in [0.25, 0.3) is 0 Å². The lowest BCUT2D eigenvalue weighted by Gasteiger charge is -2.19. The van der Waals surface area contributed by atoms with Crippen molar-refractivity contribution in [3.05, 3.63) is 28.7 Å². The summed E-state index contributed by atoms with van der Waals surface area (Å²) in [5.41, 5.74) is 0. The molecule has 0 spiro atoms. The molecule has 106 valence electrons. The molecule has 0 aliphatic carbocycles. The molecule has 5 nitrogen and oxygen atoms in total. The Morgan fingerprint density at radius 3 is 2.68 bits per heavy atom. The monoisotopic (exact) mass is 330 g/mol. The number of urea groups is 1. The number of aliphatic hydroxyl groups excluding tert-OH is 1. The van der Waals surface area contributed by atoms with E-state index in [4.69, 9.17) is 9.84 Å². The van der Waals surface area contributed by atoms with Crippen LogP contribution in [0.1, 0.15) is 6.92 Å². The Balaban J connectivity index is 2.20. The van der Waals surface area contributed by atoms with Crippen LogP contribution in [0.15, 0.2) is 28.7 Å². The van der Waals surface area contributed by atoms with Gasteiger partial charge in [0.2, 0.25) is 0 Å². The average Bonchev–Trinajstić information content (AvgIpc) is 2.35. The first-order valence-electron chi connectivity index (χ1n) is 6.04. The molecule has 0 heterocycles. The highest BCUT2D eigenvalue weighted by Crippen LogP contribution is 2.15. The maximum absolute atomic E-state index is 11.6. The zero-order valence-corrected chi connectivity index (χ0v) is 12.7. The van der Waals surface area contributed by atoms with E-state index in [0.717, 1.165) is 10.2 Å². The number of amides is 2. The largest absolute Gasteiger partial charge is 0.492 e. The van der Waals surface area contributed by atoms with Gasteiger partial charge in [0.1, 0.15) is 12.4 Å². The number of hydrogen-bond donors (Lipinski definition) is 2. The third-order valence-corrected chi connectivity index (χ3v) is 2.87. The fraction of sp³-hybridized carbons (Fsp3) is 0.462. The second-order valence-corrected chi connectivity index (χ2v) is 5.18. The molecule has 0 radical (unpaired) electrons. The molecule has 0 saturated carbocycles. The lowest BCUT2D eigenvalue weighted by molar-refractivity contribution is 0.143. The van der Waals surface area contributed by atoms with Crippen LogP contribution in [0.3, 0.4) is 0 Å². The zero-order valence-electron chi connectivity index (χ0n) is 11.1. The second-order valence-electron chi connectivity index (χ2n) is 4.26. The molecule has 2 amide bonds. The normalized spacial score (nSPS) is 11.8. The minimum absolute atomic E-state index is 0.222. The van der Waals surface area contributed by atoms with Crippen molar-refractivity contribution in [3.8, 4) is 5.75 Å². The summed E-state index contributed by atoms with van der Waals surface area (Å²) in [6, 6.07) is 7.27. The molecule has 2 N–H and O–H groups in total. The number of benzene rings is 1. The van der Waals surface area contributed by atoms with Crippen LogP contribution in [0, 0.1) is 0 Å². The van der Waals surface area contributed by atoms with Crippen LogP contribution < -0.4 is 10.1 Å². The van der Waals surface area contributed by atoms with E-state index < -0.39 is 6.10 Å². The Morgan fingerprint density at radius 1 is 1.47 bits per heavy atom. The molecular formula is C13H19BrN2O3. The Labute approximate surface area is 121 Å². The van der Waals surface area contributed by atoms with Crippen molar-refractivity contribution >= 4 is 22.0 Å².